The maximum absolute atomic E-state index is 5.83. The first-order valence-corrected chi connectivity index (χ1v) is 8.44. The normalized spacial score (nSPS) is 10.7. The highest BCUT2D eigenvalue weighted by atomic mass is 16.5. The van der Waals surface area contributed by atoms with Gasteiger partial charge in [0.15, 0.2) is 0 Å². The standard InChI is InChI=1S/C21H27NO/c1-4-22(5-2)16-9-17-23-21-14-12-20(13-15-21)18(3)19-10-7-6-8-11-19/h6-8,10-15H,3-5,9,16-17H2,1-2H3. The van der Waals surface area contributed by atoms with E-state index in [1.54, 1.807) is 0 Å². The van der Waals surface area contributed by atoms with Crippen LogP contribution in [0.1, 0.15) is 31.4 Å². The van der Waals surface area contributed by atoms with Crippen molar-refractivity contribution in [1.82, 2.24) is 4.90 Å². The number of hydrogen-bond donors (Lipinski definition) is 0. The zero-order valence-electron chi connectivity index (χ0n) is 14.3. The molecule has 0 aliphatic rings. The zero-order valence-corrected chi connectivity index (χ0v) is 14.3. The van der Waals surface area contributed by atoms with Gasteiger partial charge in [0, 0.05) is 6.54 Å². The van der Waals surface area contributed by atoms with Crippen molar-refractivity contribution < 1.29 is 4.74 Å². The molecule has 2 aromatic carbocycles. The van der Waals surface area contributed by atoms with Crippen molar-refractivity contribution in [3.8, 4) is 5.75 Å². The van der Waals surface area contributed by atoms with E-state index in [2.05, 4.69) is 49.6 Å². The lowest BCUT2D eigenvalue weighted by molar-refractivity contribution is 0.249. The molecule has 0 aliphatic carbocycles. The van der Waals surface area contributed by atoms with Crippen LogP contribution in [-0.2, 0) is 0 Å². The van der Waals surface area contributed by atoms with Crippen LogP contribution >= 0.6 is 0 Å². The topological polar surface area (TPSA) is 12.5 Å². The predicted octanol–water partition coefficient (Wildman–Crippen LogP) is 4.86. The third-order valence-corrected chi connectivity index (χ3v) is 4.11. The summed E-state index contributed by atoms with van der Waals surface area (Å²) in [6.07, 6.45) is 1.06. The molecule has 2 aromatic rings. The maximum atomic E-state index is 5.83. The molecule has 0 heterocycles. The van der Waals surface area contributed by atoms with Gasteiger partial charge in [0.1, 0.15) is 5.75 Å². The van der Waals surface area contributed by atoms with Gasteiger partial charge in [-0.1, -0.05) is 62.9 Å². The molecule has 2 heteroatoms. The number of rotatable bonds is 9. The molecule has 2 nitrogen and oxygen atoms in total. The van der Waals surface area contributed by atoms with Gasteiger partial charge in [0.2, 0.25) is 0 Å². The maximum Gasteiger partial charge on any atom is 0.119 e. The molecule has 0 bridgehead atoms. The van der Waals surface area contributed by atoms with Crippen molar-refractivity contribution in [2.45, 2.75) is 20.3 Å². The van der Waals surface area contributed by atoms with Crippen molar-refractivity contribution >= 4 is 5.57 Å². The Kier molecular flexibility index (Phi) is 6.89. The highest BCUT2D eigenvalue weighted by Crippen LogP contribution is 2.23. The minimum absolute atomic E-state index is 0.759. The van der Waals surface area contributed by atoms with E-state index in [0.29, 0.717) is 0 Å². The average Bonchev–Trinajstić information content (AvgIpc) is 2.62. The monoisotopic (exact) mass is 309 g/mol. The predicted molar refractivity (Wildman–Crippen MR) is 98.9 cm³/mol. The third-order valence-electron chi connectivity index (χ3n) is 4.11. The summed E-state index contributed by atoms with van der Waals surface area (Å²) in [7, 11) is 0. The van der Waals surface area contributed by atoms with Crippen LogP contribution in [0, 0.1) is 0 Å². The first-order valence-electron chi connectivity index (χ1n) is 8.44. The second-order valence-corrected chi connectivity index (χ2v) is 5.60. The lowest BCUT2D eigenvalue weighted by Gasteiger charge is -2.17. The SMILES string of the molecule is C=C(c1ccccc1)c1ccc(OCCCN(CC)CC)cc1. The van der Waals surface area contributed by atoms with E-state index in [0.717, 1.165) is 55.1 Å². The summed E-state index contributed by atoms with van der Waals surface area (Å²) in [6.45, 7) is 12.6. The molecule has 0 aliphatic heterocycles. The Balaban J connectivity index is 1.84. The third kappa shape index (κ3) is 5.26. The van der Waals surface area contributed by atoms with Gasteiger partial charge in [-0.15, -0.1) is 0 Å². The quantitative estimate of drug-likeness (QED) is 0.613. The van der Waals surface area contributed by atoms with Crippen LogP contribution in [0.3, 0.4) is 0 Å². The fourth-order valence-electron chi connectivity index (χ4n) is 2.58. The van der Waals surface area contributed by atoms with Gasteiger partial charge in [0.05, 0.1) is 6.61 Å². The van der Waals surface area contributed by atoms with Crippen LogP contribution in [0.15, 0.2) is 61.2 Å². The Labute approximate surface area is 140 Å². The Hall–Kier alpha value is -2.06. The second kappa shape index (κ2) is 9.16. The van der Waals surface area contributed by atoms with Gasteiger partial charge in [0.25, 0.3) is 0 Å². The first kappa shape index (κ1) is 17.3. The van der Waals surface area contributed by atoms with Crippen molar-refractivity contribution in [3.05, 3.63) is 72.3 Å². The highest BCUT2D eigenvalue weighted by Gasteiger charge is 2.03. The molecular weight excluding hydrogens is 282 g/mol. The molecule has 2 rings (SSSR count). The van der Waals surface area contributed by atoms with Crippen LogP contribution < -0.4 is 4.74 Å². The van der Waals surface area contributed by atoms with E-state index in [9.17, 15) is 0 Å². The molecule has 0 aromatic heterocycles. The van der Waals surface area contributed by atoms with Crippen LogP contribution in [0.2, 0.25) is 0 Å². The minimum Gasteiger partial charge on any atom is -0.494 e. The Morgan fingerprint density at radius 1 is 0.913 bits per heavy atom. The molecule has 0 N–H and O–H groups in total. The molecule has 0 spiro atoms. The molecule has 0 amide bonds. The van der Waals surface area contributed by atoms with Crippen LogP contribution in [0.5, 0.6) is 5.75 Å². The molecule has 0 saturated heterocycles. The Bertz CT molecular complexity index is 585. The van der Waals surface area contributed by atoms with Crippen molar-refractivity contribution in [2.75, 3.05) is 26.2 Å². The second-order valence-electron chi connectivity index (χ2n) is 5.60. The molecule has 0 fully saturated rings. The number of hydrogen-bond acceptors (Lipinski definition) is 2. The van der Waals surface area contributed by atoms with E-state index < -0.39 is 0 Å². The molecule has 0 saturated carbocycles. The lowest BCUT2D eigenvalue weighted by atomic mass is 10.00. The van der Waals surface area contributed by atoms with Gasteiger partial charge in [-0.25, -0.2) is 0 Å². The molecule has 0 unspecified atom stereocenters. The summed E-state index contributed by atoms with van der Waals surface area (Å²) in [5.41, 5.74) is 3.32. The van der Waals surface area contributed by atoms with Crippen molar-refractivity contribution in [3.63, 3.8) is 0 Å². The van der Waals surface area contributed by atoms with Crippen LogP contribution in [0.25, 0.3) is 5.57 Å². The first-order chi connectivity index (χ1) is 11.2. The summed E-state index contributed by atoms with van der Waals surface area (Å²) >= 11 is 0. The van der Waals surface area contributed by atoms with Gasteiger partial charge in [-0.2, -0.15) is 0 Å². The molecular formula is C21H27NO. The van der Waals surface area contributed by atoms with E-state index >= 15 is 0 Å². The van der Waals surface area contributed by atoms with Gasteiger partial charge < -0.3 is 9.64 Å². The van der Waals surface area contributed by atoms with Crippen LogP contribution in [-0.4, -0.2) is 31.1 Å². The molecule has 122 valence electrons. The Morgan fingerprint density at radius 3 is 2.13 bits per heavy atom. The van der Waals surface area contributed by atoms with E-state index in [4.69, 9.17) is 4.74 Å². The lowest BCUT2D eigenvalue weighted by Crippen LogP contribution is -2.25. The minimum atomic E-state index is 0.759. The van der Waals surface area contributed by atoms with Gasteiger partial charge >= 0.3 is 0 Å². The summed E-state index contributed by atoms with van der Waals surface area (Å²) < 4.78 is 5.83. The van der Waals surface area contributed by atoms with E-state index in [-0.39, 0.29) is 0 Å². The molecule has 0 radical (unpaired) electrons. The Morgan fingerprint density at radius 2 is 1.52 bits per heavy atom. The summed E-state index contributed by atoms with van der Waals surface area (Å²) in [5.74, 6) is 0.925. The van der Waals surface area contributed by atoms with Crippen molar-refractivity contribution in [2.24, 2.45) is 0 Å². The fourth-order valence-corrected chi connectivity index (χ4v) is 2.58. The highest BCUT2D eigenvalue weighted by molar-refractivity contribution is 5.78. The summed E-state index contributed by atoms with van der Waals surface area (Å²) in [5, 5.41) is 0. The molecule has 23 heavy (non-hydrogen) atoms. The number of nitrogens with zero attached hydrogens (tertiary/aromatic N) is 1. The summed E-state index contributed by atoms with van der Waals surface area (Å²) in [4.78, 5) is 2.41. The number of ether oxygens (including phenoxy) is 1. The molecule has 0 atom stereocenters. The average molecular weight is 309 g/mol. The van der Waals surface area contributed by atoms with Crippen molar-refractivity contribution in [1.29, 1.82) is 0 Å². The smallest absolute Gasteiger partial charge is 0.119 e. The van der Waals surface area contributed by atoms with Gasteiger partial charge in [-0.3, -0.25) is 0 Å². The number of benzene rings is 2. The van der Waals surface area contributed by atoms with E-state index in [1.807, 2.05) is 30.3 Å². The van der Waals surface area contributed by atoms with E-state index in [1.165, 1.54) is 0 Å². The largest absolute Gasteiger partial charge is 0.494 e. The van der Waals surface area contributed by atoms with Crippen LogP contribution in [0.4, 0.5) is 0 Å². The summed E-state index contributed by atoms with van der Waals surface area (Å²) in [6, 6.07) is 18.5. The van der Waals surface area contributed by atoms with Gasteiger partial charge in [-0.05, 0) is 48.3 Å². The fraction of sp³-hybridized carbons (Fsp3) is 0.333. The zero-order chi connectivity index (χ0) is 16.5.